The summed E-state index contributed by atoms with van der Waals surface area (Å²) in [5.74, 6) is -0.144. The highest BCUT2D eigenvalue weighted by molar-refractivity contribution is 7.98. The number of anilines is 1. The van der Waals surface area contributed by atoms with Crippen LogP contribution in [-0.4, -0.2) is 57.1 Å². The minimum Gasteiger partial charge on any atom is -0.497 e. The lowest BCUT2D eigenvalue weighted by Crippen LogP contribution is -2.52. The summed E-state index contributed by atoms with van der Waals surface area (Å²) in [7, 11) is -2.54. The van der Waals surface area contributed by atoms with Gasteiger partial charge in [0.1, 0.15) is 18.3 Å². The number of nitrogens with one attached hydrogen (secondary N) is 1. The highest BCUT2D eigenvalue weighted by atomic mass is 32.2. The zero-order valence-corrected chi connectivity index (χ0v) is 26.1. The molecule has 0 fully saturated rings. The van der Waals surface area contributed by atoms with E-state index in [2.05, 4.69) is 5.32 Å². The third-order valence-corrected chi connectivity index (χ3v) is 9.46. The fraction of sp³-hybridized carbons (Fsp3) is 0.355. The van der Waals surface area contributed by atoms with Gasteiger partial charge in [0, 0.05) is 17.5 Å². The number of carbonyl (C=O) groups excluding carboxylic acids is 2. The van der Waals surface area contributed by atoms with Gasteiger partial charge in [0.15, 0.2) is 0 Å². The Labute approximate surface area is 248 Å². The number of benzene rings is 3. The molecule has 3 aromatic carbocycles. The molecule has 3 rings (SSSR count). The first-order valence-corrected chi connectivity index (χ1v) is 16.1. The van der Waals surface area contributed by atoms with Crippen LogP contribution in [0.1, 0.15) is 38.3 Å². The maximum atomic E-state index is 14.0. The Balaban J connectivity index is 2.01. The zero-order valence-electron chi connectivity index (χ0n) is 24.5. The van der Waals surface area contributed by atoms with Crippen molar-refractivity contribution in [2.75, 3.05) is 24.2 Å². The first-order valence-electron chi connectivity index (χ1n) is 13.5. The fourth-order valence-electron chi connectivity index (χ4n) is 4.09. The van der Waals surface area contributed by atoms with Crippen molar-refractivity contribution in [3.63, 3.8) is 0 Å². The SMILES string of the molecule is CCC(C)NC(=O)C(C)N(Cc1ccc(OC)cc1)C(=O)CN(c1ccc(C)cc1)S(=O)(=O)c1ccc(SC)cc1. The van der Waals surface area contributed by atoms with Crippen LogP contribution < -0.4 is 14.4 Å². The van der Waals surface area contributed by atoms with Crippen LogP contribution in [0.25, 0.3) is 0 Å². The van der Waals surface area contributed by atoms with Gasteiger partial charge in [-0.15, -0.1) is 11.8 Å². The van der Waals surface area contributed by atoms with Gasteiger partial charge in [-0.1, -0.05) is 36.8 Å². The Bertz CT molecular complexity index is 1410. The van der Waals surface area contributed by atoms with Crippen molar-refractivity contribution in [3.05, 3.63) is 83.9 Å². The lowest BCUT2D eigenvalue weighted by Gasteiger charge is -2.32. The van der Waals surface area contributed by atoms with Crippen molar-refractivity contribution in [1.29, 1.82) is 0 Å². The predicted molar refractivity (Wildman–Crippen MR) is 165 cm³/mol. The van der Waals surface area contributed by atoms with E-state index >= 15 is 0 Å². The van der Waals surface area contributed by atoms with Gasteiger partial charge in [-0.2, -0.15) is 0 Å². The highest BCUT2D eigenvalue weighted by Crippen LogP contribution is 2.26. The molecule has 0 aliphatic rings. The lowest BCUT2D eigenvalue weighted by atomic mass is 10.1. The van der Waals surface area contributed by atoms with Crippen LogP contribution in [-0.2, 0) is 26.2 Å². The van der Waals surface area contributed by atoms with Crippen molar-refractivity contribution in [2.45, 2.75) is 62.5 Å². The summed E-state index contributed by atoms with van der Waals surface area (Å²) in [5, 5.41) is 2.94. The normalized spacial score (nSPS) is 12.7. The van der Waals surface area contributed by atoms with Gasteiger partial charge in [-0.3, -0.25) is 13.9 Å². The number of rotatable bonds is 13. The molecular formula is C31H39N3O5S2. The first-order chi connectivity index (χ1) is 19.5. The molecule has 0 saturated carbocycles. The topological polar surface area (TPSA) is 96.0 Å². The van der Waals surface area contributed by atoms with Crippen molar-refractivity contribution in [3.8, 4) is 5.75 Å². The Morgan fingerprint density at radius 1 is 0.951 bits per heavy atom. The second-order valence-electron chi connectivity index (χ2n) is 9.89. The lowest BCUT2D eigenvalue weighted by molar-refractivity contribution is -0.139. The van der Waals surface area contributed by atoms with Gasteiger partial charge in [0.25, 0.3) is 10.0 Å². The molecule has 0 aliphatic heterocycles. The van der Waals surface area contributed by atoms with E-state index in [-0.39, 0.29) is 23.4 Å². The molecule has 0 bridgehead atoms. The molecule has 2 amide bonds. The molecule has 0 saturated heterocycles. The third kappa shape index (κ3) is 8.27. The van der Waals surface area contributed by atoms with Gasteiger partial charge < -0.3 is 15.0 Å². The Morgan fingerprint density at radius 2 is 1.56 bits per heavy atom. The van der Waals surface area contributed by atoms with Crippen LogP contribution in [0.2, 0.25) is 0 Å². The molecular weight excluding hydrogens is 558 g/mol. The summed E-state index contributed by atoms with van der Waals surface area (Å²) in [5.41, 5.74) is 2.09. The molecule has 220 valence electrons. The van der Waals surface area contributed by atoms with E-state index in [0.29, 0.717) is 11.4 Å². The highest BCUT2D eigenvalue weighted by Gasteiger charge is 2.32. The van der Waals surface area contributed by atoms with Crippen LogP contribution in [0, 0.1) is 6.92 Å². The van der Waals surface area contributed by atoms with E-state index in [1.54, 1.807) is 74.7 Å². The number of hydrogen-bond donors (Lipinski definition) is 1. The van der Waals surface area contributed by atoms with E-state index in [4.69, 9.17) is 4.74 Å². The van der Waals surface area contributed by atoms with E-state index in [1.165, 1.54) is 16.7 Å². The number of hydrogen-bond acceptors (Lipinski definition) is 6. The molecule has 0 radical (unpaired) electrons. The summed E-state index contributed by atoms with van der Waals surface area (Å²) in [6, 6.07) is 19.8. The summed E-state index contributed by atoms with van der Waals surface area (Å²) in [6.07, 6.45) is 2.65. The van der Waals surface area contributed by atoms with Gasteiger partial charge >= 0.3 is 0 Å². The van der Waals surface area contributed by atoms with Crippen molar-refractivity contribution in [1.82, 2.24) is 10.2 Å². The number of nitrogens with zero attached hydrogens (tertiary/aromatic N) is 2. The molecule has 2 unspecified atom stereocenters. The fourth-order valence-corrected chi connectivity index (χ4v) is 5.91. The molecule has 0 heterocycles. The second-order valence-corrected chi connectivity index (χ2v) is 12.6. The molecule has 0 aliphatic carbocycles. The number of amides is 2. The summed E-state index contributed by atoms with van der Waals surface area (Å²) < 4.78 is 34.3. The van der Waals surface area contributed by atoms with E-state index < -0.39 is 28.5 Å². The van der Waals surface area contributed by atoms with Crippen molar-refractivity contribution in [2.24, 2.45) is 0 Å². The molecule has 2 atom stereocenters. The van der Waals surface area contributed by atoms with E-state index in [0.717, 1.165) is 26.7 Å². The number of aryl methyl sites for hydroxylation is 1. The number of thioether (sulfide) groups is 1. The minimum atomic E-state index is -4.11. The predicted octanol–water partition coefficient (Wildman–Crippen LogP) is 5.25. The monoisotopic (exact) mass is 597 g/mol. The van der Waals surface area contributed by atoms with Gasteiger partial charge in [-0.25, -0.2) is 8.42 Å². The van der Waals surface area contributed by atoms with Crippen LogP contribution in [0.5, 0.6) is 5.75 Å². The van der Waals surface area contributed by atoms with Crippen LogP contribution in [0.15, 0.2) is 82.6 Å². The number of carbonyl (C=O) groups is 2. The van der Waals surface area contributed by atoms with Crippen molar-refractivity contribution < 1.29 is 22.7 Å². The van der Waals surface area contributed by atoms with Crippen LogP contribution in [0.3, 0.4) is 0 Å². The molecule has 1 N–H and O–H groups in total. The molecule has 8 nitrogen and oxygen atoms in total. The first kappa shape index (κ1) is 32.0. The third-order valence-electron chi connectivity index (χ3n) is 6.93. The van der Waals surface area contributed by atoms with Gasteiger partial charge in [0.2, 0.25) is 11.8 Å². The van der Waals surface area contributed by atoms with E-state index in [9.17, 15) is 18.0 Å². The Kier molecular flexibility index (Phi) is 11.3. The molecule has 0 spiro atoms. The second kappa shape index (κ2) is 14.4. The molecule has 41 heavy (non-hydrogen) atoms. The number of ether oxygens (including phenoxy) is 1. The maximum Gasteiger partial charge on any atom is 0.264 e. The van der Waals surface area contributed by atoms with Gasteiger partial charge in [-0.05, 0) is 87.5 Å². The maximum absolute atomic E-state index is 14.0. The Hall–Kier alpha value is -3.50. The average molecular weight is 598 g/mol. The quantitative estimate of drug-likeness (QED) is 0.270. The Morgan fingerprint density at radius 3 is 2.10 bits per heavy atom. The van der Waals surface area contributed by atoms with Crippen molar-refractivity contribution >= 4 is 39.3 Å². The molecule has 0 aromatic heterocycles. The largest absolute Gasteiger partial charge is 0.497 e. The average Bonchev–Trinajstić information content (AvgIpc) is 2.98. The number of methoxy groups -OCH3 is 1. The summed E-state index contributed by atoms with van der Waals surface area (Å²) >= 11 is 1.51. The minimum absolute atomic E-state index is 0.0726. The number of sulfonamides is 1. The smallest absolute Gasteiger partial charge is 0.264 e. The van der Waals surface area contributed by atoms with Gasteiger partial charge in [0.05, 0.1) is 17.7 Å². The summed E-state index contributed by atoms with van der Waals surface area (Å²) in [4.78, 5) is 29.6. The van der Waals surface area contributed by atoms with E-state index in [1.807, 2.05) is 39.2 Å². The van der Waals surface area contributed by atoms with Crippen LogP contribution in [0.4, 0.5) is 5.69 Å². The zero-order chi connectivity index (χ0) is 30.2. The standard InChI is InChI=1S/C31H39N3O5S2/c1-7-23(3)32-31(36)24(4)33(20-25-10-14-27(39-5)15-11-25)30(35)21-34(26-12-8-22(2)9-13-26)41(37,38)29-18-16-28(40-6)17-19-29/h8-19,23-24H,7,20-21H2,1-6H3,(H,32,36). The molecule has 3 aromatic rings. The molecule has 10 heteroatoms. The summed E-state index contributed by atoms with van der Waals surface area (Å²) in [6.45, 7) is 7.06. The van der Waals surface area contributed by atoms with Crippen LogP contribution >= 0.6 is 11.8 Å².